The Labute approximate surface area is 103 Å². The van der Waals surface area contributed by atoms with Crippen molar-refractivity contribution in [1.82, 2.24) is 4.98 Å². The third kappa shape index (κ3) is 3.36. The zero-order valence-electron chi connectivity index (χ0n) is 9.95. The van der Waals surface area contributed by atoms with Gasteiger partial charge >= 0.3 is 5.97 Å². The van der Waals surface area contributed by atoms with Crippen LogP contribution in [0.5, 0.6) is 0 Å². The fourth-order valence-corrected chi connectivity index (χ4v) is 1.49. The monoisotopic (exact) mass is 259 g/mol. The molecule has 7 heteroatoms. The summed E-state index contributed by atoms with van der Waals surface area (Å²) < 4.78 is 30.0. The molecule has 1 heterocycles. The zero-order chi connectivity index (χ0) is 13.7. The second kappa shape index (κ2) is 6.25. The smallest absolute Gasteiger partial charge is 0.310 e. The Hall–Kier alpha value is -1.76. The first kappa shape index (κ1) is 14.3. The number of halogens is 2. The average Bonchev–Trinajstić information content (AvgIpc) is 2.31. The number of ether oxygens (including phenoxy) is 1. The van der Waals surface area contributed by atoms with E-state index in [1.54, 1.807) is 6.92 Å². The van der Waals surface area contributed by atoms with Crippen LogP contribution >= 0.6 is 0 Å². The minimum Gasteiger partial charge on any atom is -0.466 e. The summed E-state index contributed by atoms with van der Waals surface area (Å²) in [5.74, 6) is -0.589. The minimum atomic E-state index is -2.75. The molecule has 0 aliphatic heterocycles. The molecule has 0 saturated carbocycles. The summed E-state index contributed by atoms with van der Waals surface area (Å²) in [6.07, 6.45) is -2.86. The Morgan fingerprint density at radius 2 is 2.17 bits per heavy atom. The van der Waals surface area contributed by atoms with Gasteiger partial charge in [0.25, 0.3) is 6.43 Å². The second-order valence-corrected chi connectivity index (χ2v) is 3.56. The fourth-order valence-electron chi connectivity index (χ4n) is 1.49. The Kier molecular flexibility index (Phi) is 4.96. The highest BCUT2D eigenvalue weighted by Gasteiger charge is 2.18. The van der Waals surface area contributed by atoms with Gasteiger partial charge in [0, 0.05) is 12.1 Å². The number of esters is 1. The van der Waals surface area contributed by atoms with Gasteiger partial charge in [0.2, 0.25) is 0 Å². The van der Waals surface area contributed by atoms with Crippen LogP contribution in [0.2, 0.25) is 0 Å². The Bertz CT molecular complexity index is 439. The minimum absolute atomic E-state index is 0.0945. The molecule has 0 bridgehead atoms. The highest BCUT2D eigenvalue weighted by molar-refractivity contribution is 5.74. The number of nitrogen functional groups attached to an aromatic ring is 1. The van der Waals surface area contributed by atoms with E-state index in [1.807, 2.05) is 0 Å². The Morgan fingerprint density at radius 3 is 2.67 bits per heavy atom. The van der Waals surface area contributed by atoms with Crippen molar-refractivity contribution in [3.63, 3.8) is 0 Å². The quantitative estimate of drug-likeness (QED) is 0.774. The Balaban J connectivity index is 3.04. The van der Waals surface area contributed by atoms with Gasteiger partial charge in [0.15, 0.2) is 0 Å². The number of anilines is 1. The Morgan fingerprint density at radius 1 is 1.50 bits per heavy atom. The summed E-state index contributed by atoms with van der Waals surface area (Å²) in [5.41, 5.74) is 11.0. The van der Waals surface area contributed by atoms with E-state index in [9.17, 15) is 13.6 Å². The van der Waals surface area contributed by atoms with Gasteiger partial charge in [-0.2, -0.15) is 0 Å². The summed E-state index contributed by atoms with van der Waals surface area (Å²) >= 11 is 0. The van der Waals surface area contributed by atoms with Gasteiger partial charge in [-0.15, -0.1) is 0 Å². The van der Waals surface area contributed by atoms with Crippen molar-refractivity contribution in [3.05, 3.63) is 22.9 Å². The maximum atomic E-state index is 12.6. The van der Waals surface area contributed by atoms with Crippen molar-refractivity contribution in [2.24, 2.45) is 5.73 Å². The van der Waals surface area contributed by atoms with Crippen LogP contribution in [0.3, 0.4) is 0 Å². The largest absolute Gasteiger partial charge is 0.466 e. The number of carbonyl (C=O) groups excluding carboxylic acids is 1. The molecule has 0 radical (unpaired) electrons. The van der Waals surface area contributed by atoms with E-state index < -0.39 is 18.1 Å². The SMILES string of the molecule is CCOC(=O)Cc1cc(CN)c(C(F)F)nc1N. The molecule has 0 saturated heterocycles. The molecule has 0 aliphatic carbocycles. The maximum Gasteiger partial charge on any atom is 0.310 e. The first-order valence-corrected chi connectivity index (χ1v) is 5.41. The van der Waals surface area contributed by atoms with Crippen LogP contribution in [-0.2, 0) is 22.5 Å². The van der Waals surface area contributed by atoms with Gasteiger partial charge in [-0.1, -0.05) is 0 Å². The zero-order valence-corrected chi connectivity index (χ0v) is 9.95. The van der Waals surface area contributed by atoms with Crippen molar-refractivity contribution in [1.29, 1.82) is 0 Å². The highest BCUT2D eigenvalue weighted by Crippen LogP contribution is 2.24. The number of hydrogen-bond acceptors (Lipinski definition) is 5. The number of pyridine rings is 1. The van der Waals surface area contributed by atoms with Gasteiger partial charge in [0.05, 0.1) is 13.0 Å². The lowest BCUT2D eigenvalue weighted by Crippen LogP contribution is -2.13. The van der Waals surface area contributed by atoms with E-state index in [2.05, 4.69) is 4.98 Å². The molecular formula is C11H15F2N3O2. The number of rotatable bonds is 5. The molecule has 0 atom stereocenters. The lowest BCUT2D eigenvalue weighted by atomic mass is 10.1. The molecule has 5 nitrogen and oxygen atoms in total. The molecule has 100 valence electrons. The van der Waals surface area contributed by atoms with Gasteiger partial charge in [-0.05, 0) is 18.6 Å². The van der Waals surface area contributed by atoms with E-state index >= 15 is 0 Å². The van der Waals surface area contributed by atoms with Crippen molar-refractivity contribution in [2.45, 2.75) is 26.3 Å². The lowest BCUT2D eigenvalue weighted by molar-refractivity contribution is -0.142. The first-order chi connectivity index (χ1) is 8.49. The number of aromatic nitrogens is 1. The average molecular weight is 259 g/mol. The fraction of sp³-hybridized carbons (Fsp3) is 0.455. The molecule has 0 spiro atoms. The topological polar surface area (TPSA) is 91.2 Å². The van der Waals surface area contributed by atoms with Crippen LogP contribution in [0.25, 0.3) is 0 Å². The van der Waals surface area contributed by atoms with Crippen molar-refractivity contribution >= 4 is 11.8 Å². The van der Waals surface area contributed by atoms with E-state index in [0.717, 1.165) is 0 Å². The number of alkyl halides is 2. The summed E-state index contributed by atoms with van der Waals surface area (Å²) in [6.45, 7) is 1.82. The van der Waals surface area contributed by atoms with E-state index in [4.69, 9.17) is 16.2 Å². The van der Waals surface area contributed by atoms with Crippen LogP contribution < -0.4 is 11.5 Å². The van der Waals surface area contributed by atoms with Gasteiger partial charge in [-0.3, -0.25) is 4.79 Å². The molecule has 1 aromatic rings. The summed E-state index contributed by atoms with van der Waals surface area (Å²) in [7, 11) is 0. The second-order valence-electron chi connectivity index (χ2n) is 3.56. The van der Waals surface area contributed by atoms with E-state index in [-0.39, 0.29) is 31.0 Å². The lowest BCUT2D eigenvalue weighted by Gasteiger charge is -2.11. The maximum absolute atomic E-state index is 12.6. The standard InChI is InChI=1S/C11H15F2N3O2/c1-2-18-8(17)4-6-3-7(5-14)9(10(12)13)16-11(6)15/h3,10H,2,4-5,14H2,1H3,(H2,15,16). The van der Waals surface area contributed by atoms with Crippen molar-refractivity contribution in [3.8, 4) is 0 Å². The molecule has 0 aliphatic rings. The molecule has 4 N–H and O–H groups in total. The molecular weight excluding hydrogens is 244 g/mol. The summed E-state index contributed by atoms with van der Waals surface area (Å²) in [4.78, 5) is 14.9. The van der Waals surface area contributed by atoms with Gasteiger partial charge in [0.1, 0.15) is 11.5 Å². The molecule has 1 rings (SSSR count). The molecule has 18 heavy (non-hydrogen) atoms. The molecule has 0 fully saturated rings. The van der Waals surface area contributed by atoms with Crippen molar-refractivity contribution in [2.75, 3.05) is 12.3 Å². The predicted molar refractivity (Wildman–Crippen MR) is 61.8 cm³/mol. The van der Waals surface area contributed by atoms with Crippen molar-refractivity contribution < 1.29 is 18.3 Å². The number of nitrogens with zero attached hydrogens (tertiary/aromatic N) is 1. The van der Waals surface area contributed by atoms with Crippen LogP contribution in [0, 0.1) is 0 Å². The molecule has 0 amide bonds. The van der Waals surface area contributed by atoms with Crippen LogP contribution in [0.1, 0.15) is 30.2 Å². The summed E-state index contributed by atoms with van der Waals surface area (Å²) in [5, 5.41) is 0. The molecule has 0 unspecified atom stereocenters. The first-order valence-electron chi connectivity index (χ1n) is 5.41. The molecule has 0 aromatic carbocycles. The van der Waals surface area contributed by atoms with E-state index in [1.165, 1.54) is 6.07 Å². The number of hydrogen-bond donors (Lipinski definition) is 2. The third-order valence-electron chi connectivity index (χ3n) is 2.31. The van der Waals surface area contributed by atoms with E-state index in [0.29, 0.717) is 5.56 Å². The summed E-state index contributed by atoms with van der Waals surface area (Å²) in [6, 6.07) is 1.38. The van der Waals surface area contributed by atoms with Crippen LogP contribution in [-0.4, -0.2) is 17.6 Å². The number of nitrogens with two attached hydrogens (primary N) is 2. The number of carbonyl (C=O) groups is 1. The predicted octanol–water partition coefficient (Wildman–Crippen LogP) is 1.17. The van der Waals surface area contributed by atoms with Gasteiger partial charge < -0.3 is 16.2 Å². The van der Waals surface area contributed by atoms with Gasteiger partial charge in [-0.25, -0.2) is 13.8 Å². The third-order valence-corrected chi connectivity index (χ3v) is 2.31. The molecule has 1 aromatic heterocycles. The van der Waals surface area contributed by atoms with Crippen LogP contribution in [0.4, 0.5) is 14.6 Å². The van der Waals surface area contributed by atoms with Crippen LogP contribution in [0.15, 0.2) is 6.07 Å². The highest BCUT2D eigenvalue weighted by atomic mass is 19.3. The normalized spacial score (nSPS) is 10.7.